The number of aliphatic hydroxyl groups is 1. The number of nitrogens with zero attached hydrogens (tertiary/aromatic N) is 1. The van der Waals surface area contributed by atoms with Crippen molar-refractivity contribution in [2.75, 3.05) is 19.7 Å². The minimum absolute atomic E-state index is 0.0858. The number of rotatable bonds is 7. The average molecular weight is 333 g/mol. The van der Waals surface area contributed by atoms with Crippen molar-refractivity contribution in [3.63, 3.8) is 0 Å². The van der Waals surface area contributed by atoms with Crippen molar-refractivity contribution in [2.24, 2.45) is 0 Å². The summed E-state index contributed by atoms with van der Waals surface area (Å²) in [6.07, 6.45) is 3.33. The van der Waals surface area contributed by atoms with Gasteiger partial charge in [0.25, 0.3) is 0 Å². The summed E-state index contributed by atoms with van der Waals surface area (Å²) >= 11 is 0. The summed E-state index contributed by atoms with van der Waals surface area (Å²) in [4.78, 5) is 14.7. The van der Waals surface area contributed by atoms with Crippen LogP contribution in [0.4, 0.5) is 4.79 Å². The molecule has 1 aromatic rings. The third kappa shape index (κ3) is 5.80. The molecule has 0 saturated carbocycles. The molecular weight excluding hydrogens is 302 g/mol. The van der Waals surface area contributed by atoms with Gasteiger partial charge in [-0.1, -0.05) is 37.3 Å². The van der Waals surface area contributed by atoms with E-state index < -0.39 is 0 Å². The summed E-state index contributed by atoms with van der Waals surface area (Å²) in [5.74, 6) is 0. The highest BCUT2D eigenvalue weighted by molar-refractivity contribution is 5.75. The van der Waals surface area contributed by atoms with Crippen molar-refractivity contribution in [3.05, 3.63) is 35.9 Å². The normalized spacial score (nSPS) is 18.8. The van der Waals surface area contributed by atoms with E-state index in [1.165, 1.54) is 5.56 Å². The standard InChI is InChI=1S/C19H31N3O2/c1-3-19(2,11-14-23)21-18(24)20-17-9-12-22(13-10-17)15-16-7-5-4-6-8-16/h4-8,17,23H,3,9-15H2,1-2H3,(H2,20,21,24). The van der Waals surface area contributed by atoms with Gasteiger partial charge in [-0.15, -0.1) is 0 Å². The lowest BCUT2D eigenvalue weighted by Crippen LogP contribution is -2.54. The van der Waals surface area contributed by atoms with Gasteiger partial charge in [0.2, 0.25) is 0 Å². The lowest BCUT2D eigenvalue weighted by molar-refractivity contribution is 0.177. The molecule has 0 aliphatic carbocycles. The SMILES string of the molecule is CCC(C)(CCO)NC(=O)NC1CCN(Cc2ccccc2)CC1. The Morgan fingerprint density at radius 3 is 2.54 bits per heavy atom. The highest BCUT2D eigenvalue weighted by atomic mass is 16.3. The molecule has 1 aromatic carbocycles. The summed E-state index contributed by atoms with van der Waals surface area (Å²) < 4.78 is 0. The van der Waals surface area contributed by atoms with Crippen LogP contribution in [-0.2, 0) is 6.54 Å². The third-order valence-electron chi connectivity index (χ3n) is 5.03. The summed E-state index contributed by atoms with van der Waals surface area (Å²) in [6, 6.07) is 10.6. The van der Waals surface area contributed by atoms with Gasteiger partial charge in [0.15, 0.2) is 0 Å². The zero-order chi connectivity index (χ0) is 17.4. The second-order valence-electron chi connectivity index (χ2n) is 7.02. The fourth-order valence-electron chi connectivity index (χ4n) is 3.15. The number of hydrogen-bond donors (Lipinski definition) is 3. The van der Waals surface area contributed by atoms with Gasteiger partial charge in [-0.25, -0.2) is 4.79 Å². The minimum Gasteiger partial charge on any atom is -0.396 e. The Morgan fingerprint density at radius 2 is 1.96 bits per heavy atom. The first-order valence-corrected chi connectivity index (χ1v) is 9.00. The predicted octanol–water partition coefficient (Wildman–Crippen LogP) is 2.50. The van der Waals surface area contributed by atoms with Crippen LogP contribution in [0.25, 0.3) is 0 Å². The third-order valence-corrected chi connectivity index (χ3v) is 5.03. The number of nitrogens with one attached hydrogen (secondary N) is 2. The van der Waals surface area contributed by atoms with E-state index >= 15 is 0 Å². The molecule has 1 fully saturated rings. The molecule has 2 rings (SSSR count). The second kappa shape index (κ2) is 9.04. The zero-order valence-electron chi connectivity index (χ0n) is 14.9. The molecule has 0 spiro atoms. The Morgan fingerprint density at radius 1 is 1.29 bits per heavy atom. The zero-order valence-corrected chi connectivity index (χ0v) is 14.9. The van der Waals surface area contributed by atoms with E-state index in [4.69, 9.17) is 5.11 Å². The maximum atomic E-state index is 12.2. The lowest BCUT2D eigenvalue weighted by Gasteiger charge is -2.34. The van der Waals surface area contributed by atoms with Crippen LogP contribution in [0.2, 0.25) is 0 Å². The molecule has 5 nitrogen and oxygen atoms in total. The first kappa shape index (κ1) is 18.7. The van der Waals surface area contributed by atoms with Gasteiger partial charge in [-0.3, -0.25) is 4.90 Å². The summed E-state index contributed by atoms with van der Waals surface area (Å²) in [5, 5.41) is 15.3. The molecule has 3 N–H and O–H groups in total. The van der Waals surface area contributed by atoms with Crippen molar-refractivity contribution in [1.29, 1.82) is 0 Å². The molecule has 2 amide bonds. The number of amides is 2. The van der Waals surface area contributed by atoms with E-state index in [1.54, 1.807) is 0 Å². The van der Waals surface area contributed by atoms with E-state index in [2.05, 4.69) is 39.8 Å². The number of hydrogen-bond acceptors (Lipinski definition) is 3. The van der Waals surface area contributed by atoms with Crippen molar-refractivity contribution in [1.82, 2.24) is 15.5 Å². The van der Waals surface area contributed by atoms with Crippen LogP contribution in [0, 0.1) is 0 Å². The molecular formula is C19H31N3O2. The van der Waals surface area contributed by atoms with Crippen LogP contribution in [0.15, 0.2) is 30.3 Å². The van der Waals surface area contributed by atoms with Gasteiger partial charge < -0.3 is 15.7 Å². The fourth-order valence-corrected chi connectivity index (χ4v) is 3.15. The monoisotopic (exact) mass is 333 g/mol. The number of aliphatic hydroxyl groups excluding tert-OH is 1. The topological polar surface area (TPSA) is 64.6 Å². The summed E-state index contributed by atoms with van der Waals surface area (Å²) in [6.45, 7) is 7.07. The lowest BCUT2D eigenvalue weighted by atomic mass is 9.95. The number of likely N-dealkylation sites (tertiary alicyclic amines) is 1. The van der Waals surface area contributed by atoms with Crippen LogP contribution < -0.4 is 10.6 Å². The molecule has 0 radical (unpaired) electrons. The summed E-state index contributed by atoms with van der Waals surface area (Å²) in [7, 11) is 0. The maximum absolute atomic E-state index is 12.2. The van der Waals surface area contributed by atoms with Crippen molar-refractivity contribution in [3.8, 4) is 0 Å². The van der Waals surface area contributed by atoms with Crippen LogP contribution >= 0.6 is 0 Å². The molecule has 0 aromatic heterocycles. The van der Waals surface area contributed by atoms with E-state index in [1.807, 2.05) is 19.9 Å². The molecule has 134 valence electrons. The number of benzene rings is 1. The Labute approximate surface area is 145 Å². The fraction of sp³-hybridized carbons (Fsp3) is 0.632. The van der Waals surface area contributed by atoms with Crippen molar-refractivity contribution < 1.29 is 9.90 Å². The maximum Gasteiger partial charge on any atom is 0.315 e. The van der Waals surface area contributed by atoms with Gasteiger partial charge in [0.05, 0.1) is 0 Å². The average Bonchev–Trinajstić information content (AvgIpc) is 2.57. The number of carbonyl (C=O) groups is 1. The Kier molecular flexibility index (Phi) is 7.06. The van der Waals surface area contributed by atoms with E-state index in [0.29, 0.717) is 6.42 Å². The second-order valence-corrected chi connectivity index (χ2v) is 7.02. The minimum atomic E-state index is -0.340. The molecule has 1 unspecified atom stereocenters. The highest BCUT2D eigenvalue weighted by Gasteiger charge is 2.26. The number of carbonyl (C=O) groups excluding carboxylic acids is 1. The van der Waals surface area contributed by atoms with E-state index in [0.717, 1.165) is 38.9 Å². The molecule has 1 saturated heterocycles. The molecule has 1 aliphatic heterocycles. The van der Waals surface area contributed by atoms with E-state index in [-0.39, 0.29) is 24.2 Å². The molecule has 1 atom stereocenters. The van der Waals surface area contributed by atoms with Gasteiger partial charge in [0, 0.05) is 37.8 Å². The highest BCUT2D eigenvalue weighted by Crippen LogP contribution is 2.16. The molecule has 5 heteroatoms. The van der Waals surface area contributed by atoms with Crippen LogP contribution in [0.1, 0.15) is 45.1 Å². The van der Waals surface area contributed by atoms with Crippen molar-refractivity contribution in [2.45, 2.75) is 57.7 Å². The quantitative estimate of drug-likeness (QED) is 0.718. The first-order valence-electron chi connectivity index (χ1n) is 9.00. The summed E-state index contributed by atoms with van der Waals surface area (Å²) in [5.41, 5.74) is 0.997. The first-order chi connectivity index (χ1) is 11.5. The Hall–Kier alpha value is -1.59. The van der Waals surface area contributed by atoms with Crippen LogP contribution in [0.3, 0.4) is 0 Å². The van der Waals surface area contributed by atoms with Gasteiger partial charge in [-0.05, 0) is 38.2 Å². The Balaban J connectivity index is 1.73. The number of piperidine rings is 1. The van der Waals surface area contributed by atoms with Crippen molar-refractivity contribution >= 4 is 6.03 Å². The predicted molar refractivity (Wildman–Crippen MR) is 96.8 cm³/mol. The van der Waals surface area contributed by atoms with E-state index in [9.17, 15) is 4.79 Å². The molecule has 0 bridgehead atoms. The molecule has 24 heavy (non-hydrogen) atoms. The molecule has 1 aliphatic rings. The molecule has 1 heterocycles. The van der Waals surface area contributed by atoms with Crippen LogP contribution in [-0.4, -0.2) is 47.3 Å². The smallest absolute Gasteiger partial charge is 0.315 e. The Bertz CT molecular complexity index is 501. The van der Waals surface area contributed by atoms with Crippen LogP contribution in [0.5, 0.6) is 0 Å². The van der Waals surface area contributed by atoms with Gasteiger partial charge in [0.1, 0.15) is 0 Å². The number of urea groups is 1. The van der Waals surface area contributed by atoms with Gasteiger partial charge in [-0.2, -0.15) is 0 Å². The van der Waals surface area contributed by atoms with Gasteiger partial charge >= 0.3 is 6.03 Å². The largest absolute Gasteiger partial charge is 0.396 e.